The first-order chi connectivity index (χ1) is 19.3. The average Bonchev–Trinajstić information content (AvgIpc) is 3.84. The Labute approximate surface area is 236 Å². The molecule has 1 N–H and O–H groups in total. The zero-order valence-electron chi connectivity index (χ0n) is 22.6. The molecule has 3 aliphatic rings. The number of sulfone groups is 1. The van der Waals surface area contributed by atoms with E-state index in [-0.39, 0.29) is 11.3 Å². The van der Waals surface area contributed by atoms with E-state index in [9.17, 15) is 36.4 Å². The molecule has 218 valence electrons. The van der Waals surface area contributed by atoms with Gasteiger partial charge in [-0.3, -0.25) is 9.59 Å². The molecule has 2 atom stereocenters. The molecular formula is C29H30F3N3O5S. The Kier molecular flexibility index (Phi) is 7.09. The number of nitriles is 1. The molecule has 0 unspecified atom stereocenters. The number of aryl methyl sites for hydroxylation is 1. The predicted octanol–water partition coefficient (Wildman–Crippen LogP) is 4.32. The normalized spacial score (nSPS) is 22.5. The summed E-state index contributed by atoms with van der Waals surface area (Å²) >= 11 is 0. The van der Waals surface area contributed by atoms with E-state index in [1.807, 2.05) is 31.2 Å². The van der Waals surface area contributed by atoms with E-state index in [4.69, 9.17) is 4.74 Å². The van der Waals surface area contributed by atoms with Crippen LogP contribution in [0.5, 0.6) is 5.75 Å². The second kappa shape index (κ2) is 10.0. The molecule has 3 fully saturated rings. The number of halogens is 3. The van der Waals surface area contributed by atoms with Crippen molar-refractivity contribution in [2.24, 2.45) is 5.41 Å². The largest absolute Gasteiger partial charge is 0.493 e. The van der Waals surface area contributed by atoms with Gasteiger partial charge in [0, 0.05) is 12.1 Å². The molecule has 0 radical (unpaired) electrons. The van der Waals surface area contributed by atoms with Crippen molar-refractivity contribution in [2.75, 3.05) is 13.2 Å². The molecule has 8 nitrogen and oxygen atoms in total. The van der Waals surface area contributed by atoms with Gasteiger partial charge in [-0.05, 0) is 69.2 Å². The number of ether oxygens (including phenoxy) is 1. The zero-order chi connectivity index (χ0) is 29.8. The first kappa shape index (κ1) is 28.9. The van der Waals surface area contributed by atoms with Gasteiger partial charge in [-0.2, -0.15) is 18.4 Å². The summed E-state index contributed by atoms with van der Waals surface area (Å²) in [5.74, 6) is -1.47. The van der Waals surface area contributed by atoms with Gasteiger partial charge in [-0.25, -0.2) is 8.42 Å². The molecule has 0 spiro atoms. The van der Waals surface area contributed by atoms with E-state index in [1.165, 1.54) is 6.07 Å². The Morgan fingerprint density at radius 2 is 1.83 bits per heavy atom. The highest BCUT2D eigenvalue weighted by Gasteiger charge is 2.70. The number of carbonyl (C=O) groups is 2. The number of nitrogens with zero attached hydrogens (tertiary/aromatic N) is 2. The fourth-order valence-corrected chi connectivity index (χ4v) is 7.44. The highest BCUT2D eigenvalue weighted by atomic mass is 32.2. The van der Waals surface area contributed by atoms with Crippen molar-refractivity contribution in [1.29, 1.82) is 5.26 Å². The van der Waals surface area contributed by atoms with E-state index in [2.05, 4.69) is 5.32 Å². The molecule has 5 rings (SSSR count). The number of amides is 2. The van der Waals surface area contributed by atoms with Crippen LogP contribution in [0.15, 0.2) is 47.4 Å². The molecule has 12 heteroatoms. The number of para-hydroxylation sites is 1. The highest BCUT2D eigenvalue weighted by molar-refractivity contribution is 7.92. The lowest BCUT2D eigenvalue weighted by atomic mass is 10.0. The Morgan fingerprint density at radius 3 is 2.39 bits per heavy atom. The number of rotatable bonds is 8. The van der Waals surface area contributed by atoms with Crippen LogP contribution in [0.2, 0.25) is 0 Å². The number of likely N-dealkylation sites (tertiary alicyclic amines) is 1. The van der Waals surface area contributed by atoms with Crippen molar-refractivity contribution in [3.05, 3.63) is 48.0 Å². The molecule has 1 aliphatic heterocycles. The highest BCUT2D eigenvalue weighted by Crippen LogP contribution is 2.59. The van der Waals surface area contributed by atoms with Crippen molar-refractivity contribution >= 4 is 21.7 Å². The number of carbonyl (C=O) groups excluding carboxylic acids is 2. The van der Waals surface area contributed by atoms with Crippen LogP contribution in [0.25, 0.3) is 11.1 Å². The van der Waals surface area contributed by atoms with Gasteiger partial charge in [-0.1, -0.05) is 30.3 Å². The van der Waals surface area contributed by atoms with Gasteiger partial charge in [0.2, 0.25) is 11.8 Å². The summed E-state index contributed by atoms with van der Waals surface area (Å²) in [6, 6.07) is 12.6. The standard InChI is InChI=1S/C29H30F3N3O5S/c1-3-40-23-7-5-4-6-21(23)19-8-9-24(18(2)14-19)41(38,39)20-15-22(25(36)34-27(17-33)10-11-27)35(16-20)26(37)28(12-13-28)29(30,31)32/h4-9,14,20,22H,3,10-13,15-16H2,1-2H3,(H,34,36)/t20-,22+/m1/s1. The third-order valence-electron chi connectivity index (χ3n) is 8.27. The first-order valence-corrected chi connectivity index (χ1v) is 15.0. The van der Waals surface area contributed by atoms with Gasteiger partial charge in [-0.15, -0.1) is 0 Å². The molecule has 2 aliphatic carbocycles. The summed E-state index contributed by atoms with van der Waals surface area (Å²) in [6.07, 6.45) is -5.27. The van der Waals surface area contributed by atoms with Crippen molar-refractivity contribution < 1.29 is 35.9 Å². The number of hydrogen-bond acceptors (Lipinski definition) is 6. The number of benzene rings is 2. The monoisotopic (exact) mass is 589 g/mol. The lowest BCUT2D eigenvalue weighted by molar-refractivity contribution is -0.199. The predicted molar refractivity (Wildman–Crippen MR) is 142 cm³/mol. The molecule has 0 aromatic heterocycles. The smallest absolute Gasteiger partial charge is 0.403 e. The third-order valence-corrected chi connectivity index (χ3v) is 10.6. The van der Waals surface area contributed by atoms with Gasteiger partial charge in [0.15, 0.2) is 9.84 Å². The maximum atomic E-state index is 13.9. The molecule has 2 aromatic carbocycles. The molecule has 1 saturated heterocycles. The van der Waals surface area contributed by atoms with Crippen LogP contribution in [-0.4, -0.2) is 61.3 Å². The lowest BCUT2D eigenvalue weighted by Gasteiger charge is -2.29. The van der Waals surface area contributed by atoms with E-state index < -0.39 is 69.5 Å². The number of hydrogen-bond donors (Lipinski definition) is 1. The first-order valence-electron chi connectivity index (χ1n) is 13.5. The molecule has 2 aromatic rings. The second-order valence-corrected chi connectivity index (χ2v) is 13.2. The van der Waals surface area contributed by atoms with Crippen LogP contribution in [-0.2, 0) is 19.4 Å². The molecule has 2 amide bonds. The van der Waals surface area contributed by atoms with E-state index >= 15 is 0 Å². The summed E-state index contributed by atoms with van der Waals surface area (Å²) in [5.41, 5.74) is -1.84. The quantitative estimate of drug-likeness (QED) is 0.490. The lowest BCUT2D eigenvalue weighted by Crippen LogP contribution is -2.53. The van der Waals surface area contributed by atoms with Gasteiger partial charge in [0.1, 0.15) is 22.7 Å². The molecule has 2 saturated carbocycles. The SMILES string of the molecule is CCOc1ccccc1-c1ccc(S(=O)(=O)[C@@H]2C[C@@H](C(=O)NC3(C#N)CC3)N(C(=O)C3(C(F)(F)F)CC3)C2)c(C)c1. The summed E-state index contributed by atoms with van der Waals surface area (Å²) < 4.78 is 74.9. The summed E-state index contributed by atoms with van der Waals surface area (Å²) in [5, 5.41) is 10.6. The van der Waals surface area contributed by atoms with Crippen molar-refractivity contribution in [2.45, 2.75) is 73.9 Å². The summed E-state index contributed by atoms with van der Waals surface area (Å²) in [6.45, 7) is 3.37. The molecule has 41 heavy (non-hydrogen) atoms. The maximum absolute atomic E-state index is 13.9. The Morgan fingerprint density at radius 1 is 1.15 bits per heavy atom. The topological polar surface area (TPSA) is 117 Å². The third kappa shape index (κ3) is 5.05. The van der Waals surface area contributed by atoms with Crippen LogP contribution < -0.4 is 10.1 Å². The average molecular weight is 590 g/mol. The van der Waals surface area contributed by atoms with Crippen LogP contribution in [0.4, 0.5) is 13.2 Å². The summed E-state index contributed by atoms with van der Waals surface area (Å²) in [4.78, 5) is 27.2. The number of alkyl halides is 3. The fraction of sp³-hybridized carbons (Fsp3) is 0.483. The van der Waals surface area contributed by atoms with Crippen molar-refractivity contribution in [3.63, 3.8) is 0 Å². The summed E-state index contributed by atoms with van der Waals surface area (Å²) in [7, 11) is -4.17. The fourth-order valence-electron chi connectivity index (χ4n) is 5.52. The number of nitrogens with one attached hydrogen (secondary N) is 1. The van der Waals surface area contributed by atoms with Gasteiger partial charge < -0.3 is 15.0 Å². The van der Waals surface area contributed by atoms with E-state index in [1.54, 1.807) is 25.1 Å². The minimum absolute atomic E-state index is 0.0266. The Bertz CT molecular complexity index is 1540. The van der Waals surface area contributed by atoms with Gasteiger partial charge >= 0.3 is 6.18 Å². The Hall–Kier alpha value is -3.59. The molecular weight excluding hydrogens is 559 g/mol. The van der Waals surface area contributed by atoms with Gasteiger partial charge in [0.25, 0.3) is 0 Å². The van der Waals surface area contributed by atoms with Crippen molar-refractivity contribution in [3.8, 4) is 22.9 Å². The molecule has 1 heterocycles. The zero-order valence-corrected chi connectivity index (χ0v) is 23.4. The Balaban J connectivity index is 1.46. The van der Waals surface area contributed by atoms with Crippen LogP contribution in [0.3, 0.4) is 0 Å². The second-order valence-electron chi connectivity index (χ2n) is 11.0. The van der Waals surface area contributed by atoms with E-state index in [0.717, 1.165) is 16.0 Å². The van der Waals surface area contributed by atoms with E-state index in [0.29, 0.717) is 30.8 Å². The van der Waals surface area contributed by atoms with Crippen molar-refractivity contribution in [1.82, 2.24) is 10.2 Å². The van der Waals surface area contributed by atoms with Crippen LogP contribution >= 0.6 is 0 Å². The van der Waals surface area contributed by atoms with Crippen LogP contribution in [0.1, 0.15) is 44.6 Å². The minimum atomic E-state index is -4.82. The molecule has 0 bridgehead atoms. The van der Waals surface area contributed by atoms with Gasteiger partial charge in [0.05, 0.1) is 22.8 Å². The minimum Gasteiger partial charge on any atom is -0.493 e. The maximum Gasteiger partial charge on any atom is 0.403 e. The van der Waals surface area contributed by atoms with Crippen LogP contribution in [0, 0.1) is 23.7 Å².